The number of nitrogens with one attached hydrogen (secondary N) is 2. The van der Waals surface area contributed by atoms with E-state index in [0.29, 0.717) is 19.8 Å². The van der Waals surface area contributed by atoms with E-state index in [1.54, 1.807) is 12.1 Å². The molecule has 3 saturated carbocycles. The van der Waals surface area contributed by atoms with Crippen molar-refractivity contribution in [3.63, 3.8) is 0 Å². The minimum absolute atomic E-state index is 0.0822. The third-order valence-corrected chi connectivity index (χ3v) is 6.95. The van der Waals surface area contributed by atoms with Gasteiger partial charge in [-0.05, 0) is 61.4 Å². The van der Waals surface area contributed by atoms with Gasteiger partial charge in [0.1, 0.15) is 12.4 Å². The van der Waals surface area contributed by atoms with Crippen molar-refractivity contribution >= 4 is 6.03 Å². The Morgan fingerprint density at radius 2 is 2.06 bits per heavy atom. The Morgan fingerprint density at radius 1 is 1.33 bits per heavy atom. The van der Waals surface area contributed by atoms with Crippen LogP contribution in [0.15, 0.2) is 60.2 Å². The zero-order valence-electron chi connectivity index (χ0n) is 19.2. The summed E-state index contributed by atoms with van der Waals surface area (Å²) in [6, 6.07) is 5.96. The molecule has 0 unspecified atom stereocenters. The number of urea groups is 1. The van der Waals surface area contributed by atoms with Gasteiger partial charge in [0.15, 0.2) is 0 Å². The summed E-state index contributed by atoms with van der Waals surface area (Å²) in [5, 5.41) is 6.84. The summed E-state index contributed by atoms with van der Waals surface area (Å²) >= 11 is 0. The molecule has 1 atom stereocenters. The Labute approximate surface area is 195 Å². The van der Waals surface area contributed by atoms with E-state index in [9.17, 15) is 9.18 Å². The number of carbonyl (C=O) groups is 1. The molecule has 2 N–H and O–H groups in total. The molecule has 5 rings (SSSR count). The molecule has 4 fully saturated rings. The number of nitrogens with zero attached hydrogens (tertiary/aromatic N) is 1. The summed E-state index contributed by atoms with van der Waals surface area (Å²) in [7, 11) is 0. The molecular formula is C27H32FN3O2. The maximum absolute atomic E-state index is 13.6. The van der Waals surface area contributed by atoms with Crippen LogP contribution in [0.25, 0.3) is 0 Å². The number of halogens is 1. The summed E-state index contributed by atoms with van der Waals surface area (Å²) in [6.45, 7) is 8.54. The van der Waals surface area contributed by atoms with E-state index in [2.05, 4.69) is 29.2 Å². The van der Waals surface area contributed by atoms with Crippen molar-refractivity contribution < 1.29 is 13.9 Å². The average Bonchev–Trinajstić information content (AvgIpc) is 2.75. The van der Waals surface area contributed by atoms with Crippen LogP contribution >= 0.6 is 0 Å². The number of piperidine rings is 1. The van der Waals surface area contributed by atoms with E-state index < -0.39 is 0 Å². The third-order valence-electron chi connectivity index (χ3n) is 6.95. The molecule has 5 nitrogen and oxygen atoms in total. The fraction of sp³-hybridized carbons (Fsp3) is 0.444. The lowest BCUT2D eigenvalue weighted by Gasteiger charge is -2.71. The second-order valence-corrected chi connectivity index (χ2v) is 9.35. The highest BCUT2D eigenvalue weighted by Crippen LogP contribution is 2.60. The van der Waals surface area contributed by atoms with Gasteiger partial charge in [-0.15, -0.1) is 6.42 Å². The molecule has 174 valence electrons. The fourth-order valence-electron chi connectivity index (χ4n) is 5.47. The molecule has 1 aliphatic heterocycles. The smallest absolute Gasteiger partial charge is 0.318 e. The van der Waals surface area contributed by atoms with Gasteiger partial charge in [0.25, 0.3) is 0 Å². The van der Waals surface area contributed by atoms with Gasteiger partial charge >= 0.3 is 6.03 Å². The molecule has 2 amide bonds. The van der Waals surface area contributed by atoms with Crippen LogP contribution < -0.4 is 10.6 Å². The minimum atomic E-state index is -0.316. The van der Waals surface area contributed by atoms with E-state index in [0.717, 1.165) is 48.9 Å². The number of hydrogen-bond donors (Lipinski definition) is 2. The predicted molar refractivity (Wildman–Crippen MR) is 128 cm³/mol. The highest BCUT2D eigenvalue weighted by molar-refractivity contribution is 5.78. The van der Waals surface area contributed by atoms with E-state index in [-0.39, 0.29) is 29.0 Å². The molecule has 1 aromatic carbocycles. The van der Waals surface area contributed by atoms with Crippen LogP contribution in [0.4, 0.5) is 9.18 Å². The number of likely N-dealkylation sites (tertiary alicyclic amines) is 1. The highest BCUT2D eigenvalue weighted by atomic mass is 19.1. The molecule has 6 heteroatoms. The van der Waals surface area contributed by atoms with Crippen LogP contribution in [0, 0.1) is 18.2 Å². The summed E-state index contributed by atoms with van der Waals surface area (Å²) in [5.41, 5.74) is 2.83. The lowest BCUT2D eigenvalue weighted by atomic mass is 9.44. The Hall–Kier alpha value is -2.88. The zero-order valence-corrected chi connectivity index (χ0v) is 19.2. The normalized spacial score (nSPS) is 29.5. The first kappa shape index (κ1) is 23.3. The van der Waals surface area contributed by atoms with Crippen LogP contribution in [0.2, 0.25) is 0 Å². The Morgan fingerprint density at radius 3 is 2.73 bits per heavy atom. The number of amides is 2. The number of allylic oxidation sites excluding steroid dienone is 3. The summed E-state index contributed by atoms with van der Waals surface area (Å²) < 4.78 is 18.9. The number of rotatable bonds is 8. The molecule has 0 aromatic heterocycles. The number of carbonyl (C=O) groups excluding carboxylic acids is 1. The summed E-state index contributed by atoms with van der Waals surface area (Å²) in [5.74, 6) is 2.17. The molecule has 33 heavy (non-hydrogen) atoms. The molecule has 1 aromatic rings. The van der Waals surface area contributed by atoms with E-state index in [4.69, 9.17) is 11.2 Å². The van der Waals surface area contributed by atoms with Crippen molar-refractivity contribution in [3.8, 4) is 12.3 Å². The lowest BCUT2D eigenvalue weighted by Crippen LogP contribution is -2.84. The minimum Gasteiger partial charge on any atom is -0.367 e. The first-order valence-corrected chi connectivity index (χ1v) is 11.5. The summed E-state index contributed by atoms with van der Waals surface area (Å²) in [6.07, 6.45) is 14.7. The van der Waals surface area contributed by atoms with Gasteiger partial charge in [-0.2, -0.15) is 0 Å². The fourth-order valence-corrected chi connectivity index (χ4v) is 5.47. The van der Waals surface area contributed by atoms with Gasteiger partial charge in [-0.3, -0.25) is 0 Å². The molecule has 0 radical (unpaired) electrons. The topological polar surface area (TPSA) is 53.6 Å². The highest BCUT2D eigenvalue weighted by Gasteiger charge is 2.68. The molecule has 4 aliphatic rings. The lowest BCUT2D eigenvalue weighted by molar-refractivity contribution is -0.1000. The maximum Gasteiger partial charge on any atom is 0.318 e. The molecule has 1 saturated heterocycles. The second-order valence-electron chi connectivity index (χ2n) is 9.35. The number of ether oxygens (including phenoxy) is 1. The molecule has 0 spiro atoms. The predicted octanol–water partition coefficient (Wildman–Crippen LogP) is 4.26. The second kappa shape index (κ2) is 9.54. The monoisotopic (exact) mass is 449 g/mol. The zero-order chi connectivity index (χ0) is 23.5. The van der Waals surface area contributed by atoms with Crippen molar-refractivity contribution in [3.05, 3.63) is 71.6 Å². The van der Waals surface area contributed by atoms with Gasteiger partial charge in [0.05, 0.1) is 12.6 Å². The molecule has 1 heterocycles. The molecule has 3 aliphatic carbocycles. The Kier molecular flexibility index (Phi) is 6.73. The van der Waals surface area contributed by atoms with Gasteiger partial charge in [-0.1, -0.05) is 42.9 Å². The standard InChI is InChI=1S/C27H32FN3O2/c1-4-6-7-21-12-14-31(24(20(21)3)22-8-10-23(28)11-9-22)25(32)30-27-17-26(18-27,19-27)29-13-16-33-15-5-2/h2,4,6-11,24,29H,3,12-19H2,1H3,(H,30,32)/b6-4-,21-7-/t24-,26?,27?/m1/s1. The third kappa shape index (κ3) is 4.75. The van der Waals surface area contributed by atoms with Crippen LogP contribution in [0.3, 0.4) is 0 Å². The van der Waals surface area contributed by atoms with Gasteiger partial charge in [0.2, 0.25) is 0 Å². The van der Waals surface area contributed by atoms with E-state index >= 15 is 0 Å². The van der Waals surface area contributed by atoms with Crippen LogP contribution in [-0.4, -0.2) is 48.3 Å². The largest absolute Gasteiger partial charge is 0.367 e. The number of benzene rings is 1. The first-order chi connectivity index (χ1) is 15.9. The van der Waals surface area contributed by atoms with Crippen molar-refractivity contribution in [2.75, 3.05) is 26.3 Å². The van der Waals surface area contributed by atoms with Crippen molar-refractivity contribution in [1.29, 1.82) is 0 Å². The maximum atomic E-state index is 13.6. The van der Waals surface area contributed by atoms with Crippen LogP contribution in [0.1, 0.15) is 44.2 Å². The summed E-state index contributed by atoms with van der Waals surface area (Å²) in [4.78, 5) is 15.2. The molecule has 2 bridgehead atoms. The molecular weight excluding hydrogens is 417 g/mol. The van der Waals surface area contributed by atoms with E-state index in [1.165, 1.54) is 12.1 Å². The quantitative estimate of drug-likeness (QED) is 0.461. The Balaban J connectivity index is 1.40. The van der Waals surface area contributed by atoms with Crippen molar-refractivity contribution in [2.24, 2.45) is 0 Å². The van der Waals surface area contributed by atoms with Crippen molar-refractivity contribution in [2.45, 2.75) is 49.7 Å². The van der Waals surface area contributed by atoms with Gasteiger partial charge < -0.3 is 20.3 Å². The van der Waals surface area contributed by atoms with E-state index in [1.807, 2.05) is 24.0 Å². The van der Waals surface area contributed by atoms with Gasteiger partial charge in [-0.25, -0.2) is 9.18 Å². The number of terminal acetylenes is 1. The van der Waals surface area contributed by atoms with Crippen molar-refractivity contribution in [1.82, 2.24) is 15.5 Å². The van der Waals surface area contributed by atoms with Crippen LogP contribution in [-0.2, 0) is 4.74 Å². The van der Waals surface area contributed by atoms with Gasteiger partial charge in [0, 0.05) is 24.2 Å². The SMILES string of the molecule is C#CCOCCNC12CC(NC(=O)N3CC/C(=C/C=C\C)C(=C)[C@@H]3c3ccc(F)cc3)(C1)C2. The van der Waals surface area contributed by atoms with Crippen LogP contribution in [0.5, 0.6) is 0 Å². The number of hydrogen-bond acceptors (Lipinski definition) is 3. The Bertz CT molecular complexity index is 985. The first-order valence-electron chi connectivity index (χ1n) is 11.5. The average molecular weight is 450 g/mol.